The van der Waals surface area contributed by atoms with Crippen LogP contribution in [0.3, 0.4) is 0 Å². The highest BCUT2D eigenvalue weighted by atomic mass is 27.2. The molecule has 0 aliphatic carbocycles. The number of hydrogen-bond donors (Lipinski definition) is 0. The first kappa shape index (κ1) is 16.6. The first-order valence-corrected chi connectivity index (χ1v) is 10.0. The minimum Gasteiger partial charge on any atom is -0.642 e. The Morgan fingerprint density at radius 2 is 1.21 bits per heavy atom. The van der Waals surface area contributed by atoms with Crippen molar-refractivity contribution in [3.63, 3.8) is 0 Å². The maximum atomic E-state index is 6.32. The Morgan fingerprint density at radius 1 is 0.842 bits per heavy atom. The lowest BCUT2D eigenvalue weighted by molar-refractivity contribution is 0.487. The van der Waals surface area contributed by atoms with E-state index in [4.69, 9.17) is 3.79 Å². The van der Waals surface area contributed by atoms with Crippen LogP contribution in [0.15, 0.2) is 12.1 Å². The molecule has 0 saturated carbocycles. The van der Waals surface area contributed by atoms with Crippen molar-refractivity contribution in [1.82, 2.24) is 0 Å². The normalized spacial score (nSPS) is 12.5. The molecule has 2 heteroatoms. The maximum Gasteiger partial charge on any atom is 0.540 e. The average Bonchev–Trinajstić information content (AvgIpc) is 2.16. The molecule has 0 aliphatic heterocycles. The van der Waals surface area contributed by atoms with Crippen LogP contribution in [0.5, 0.6) is 5.75 Å². The Kier molecular flexibility index (Phi) is 4.81. The second kappa shape index (κ2) is 5.51. The van der Waals surface area contributed by atoms with Crippen molar-refractivity contribution in [2.45, 2.75) is 70.9 Å². The molecule has 0 N–H and O–H groups in total. The smallest absolute Gasteiger partial charge is 0.540 e. The van der Waals surface area contributed by atoms with E-state index in [0.29, 0.717) is 0 Å². The molecule has 0 saturated heterocycles. The van der Waals surface area contributed by atoms with Gasteiger partial charge in [-0.3, -0.25) is 0 Å². The van der Waals surface area contributed by atoms with Gasteiger partial charge in [0.15, 0.2) is 0 Å². The van der Waals surface area contributed by atoms with Crippen LogP contribution in [0.2, 0.25) is 11.6 Å². The summed E-state index contributed by atoms with van der Waals surface area (Å²) in [6, 6.07) is 4.59. The highest BCUT2D eigenvalue weighted by Crippen LogP contribution is 2.40. The van der Waals surface area contributed by atoms with Gasteiger partial charge in [-0.05, 0) is 28.9 Å². The second-order valence-electron chi connectivity index (χ2n) is 7.86. The minimum absolute atomic E-state index is 0.116. The lowest BCUT2D eigenvalue weighted by atomic mass is 9.78. The molecule has 1 nitrogen and oxygen atoms in total. The third kappa shape index (κ3) is 4.26. The van der Waals surface area contributed by atoms with E-state index in [0.717, 1.165) is 5.75 Å². The quantitative estimate of drug-likeness (QED) is 0.673. The summed E-state index contributed by atoms with van der Waals surface area (Å²) in [6.07, 6.45) is 0. The van der Waals surface area contributed by atoms with Gasteiger partial charge in [-0.1, -0.05) is 70.8 Å². The molecule has 0 radical (unpaired) electrons. The summed E-state index contributed by atoms with van der Waals surface area (Å²) in [5.41, 5.74) is 4.25. The van der Waals surface area contributed by atoms with Gasteiger partial charge in [-0.2, -0.15) is 0 Å². The van der Waals surface area contributed by atoms with Gasteiger partial charge in [-0.15, -0.1) is 0 Å². The molecule has 0 aliphatic rings. The summed E-state index contributed by atoms with van der Waals surface area (Å²) in [5, 5.41) is 0. The van der Waals surface area contributed by atoms with E-state index < -0.39 is 14.5 Å². The van der Waals surface area contributed by atoms with E-state index in [-0.39, 0.29) is 10.8 Å². The molecule has 19 heavy (non-hydrogen) atoms. The number of benzene rings is 1. The third-order valence-corrected chi connectivity index (χ3v) is 3.91. The molecule has 106 valence electrons. The predicted octanol–water partition coefficient (Wildman–Crippen LogP) is 5.22. The molecule has 0 aromatic heterocycles. The fraction of sp³-hybridized carbons (Fsp3) is 0.647. The van der Waals surface area contributed by atoms with Crippen LogP contribution in [0, 0.1) is 6.92 Å². The Balaban J connectivity index is 3.58. The van der Waals surface area contributed by atoms with Gasteiger partial charge >= 0.3 is 14.5 Å². The number of hydrogen-bond acceptors (Lipinski definition) is 1. The van der Waals surface area contributed by atoms with Gasteiger partial charge in [0.2, 0.25) is 0 Å². The lowest BCUT2D eigenvalue weighted by Crippen LogP contribution is -2.23. The van der Waals surface area contributed by atoms with Crippen molar-refractivity contribution in [3.05, 3.63) is 28.8 Å². The fourth-order valence-electron chi connectivity index (χ4n) is 2.25. The molecular weight excluding hydrogens is 247 g/mol. The Labute approximate surface area is 124 Å². The zero-order valence-corrected chi connectivity index (χ0v) is 15.3. The molecular formula is C17H29AlO. The van der Waals surface area contributed by atoms with E-state index >= 15 is 0 Å². The second-order valence-corrected chi connectivity index (χ2v) is 10.2. The topological polar surface area (TPSA) is 9.23 Å². The summed E-state index contributed by atoms with van der Waals surface area (Å²) in [6.45, 7) is 15.8. The number of aryl methyl sites for hydroxylation is 1. The van der Waals surface area contributed by atoms with Crippen molar-refractivity contribution >= 4 is 14.5 Å². The number of rotatable bonds is 2. The molecule has 0 spiro atoms. The Morgan fingerprint density at radius 3 is 1.47 bits per heavy atom. The first-order valence-electron chi connectivity index (χ1n) is 7.25. The lowest BCUT2D eigenvalue weighted by Gasteiger charge is -2.32. The molecule has 0 fully saturated rings. The van der Waals surface area contributed by atoms with Crippen molar-refractivity contribution < 1.29 is 3.79 Å². The van der Waals surface area contributed by atoms with Crippen LogP contribution in [0.4, 0.5) is 0 Å². The predicted molar refractivity (Wildman–Crippen MR) is 86.7 cm³/mol. The average molecular weight is 276 g/mol. The molecule has 1 aromatic rings. The van der Waals surface area contributed by atoms with Crippen LogP contribution < -0.4 is 3.79 Å². The largest absolute Gasteiger partial charge is 0.642 e. The molecule has 0 amide bonds. The summed E-state index contributed by atoms with van der Waals surface area (Å²) in [5.74, 6) is 5.62. The SMILES string of the molecule is Cc1cc(C(C)(C)C)c([O][Al]([CH3])[CH3])c(C(C)(C)C)c1. The summed E-state index contributed by atoms with van der Waals surface area (Å²) < 4.78 is 6.32. The molecule has 0 atom stereocenters. The first-order chi connectivity index (χ1) is 8.43. The zero-order chi connectivity index (χ0) is 15.0. The van der Waals surface area contributed by atoms with E-state index in [2.05, 4.69) is 72.2 Å². The summed E-state index contributed by atoms with van der Waals surface area (Å²) in [4.78, 5) is 0. The fourth-order valence-corrected chi connectivity index (χ4v) is 2.98. The van der Waals surface area contributed by atoms with E-state index in [1.807, 2.05) is 0 Å². The van der Waals surface area contributed by atoms with Gasteiger partial charge in [0, 0.05) is 0 Å². The Bertz CT molecular complexity index is 412. The van der Waals surface area contributed by atoms with Crippen molar-refractivity contribution in [1.29, 1.82) is 0 Å². The maximum absolute atomic E-state index is 6.32. The highest BCUT2D eigenvalue weighted by Gasteiger charge is 2.28. The van der Waals surface area contributed by atoms with Crippen LogP contribution in [0.25, 0.3) is 0 Å². The van der Waals surface area contributed by atoms with Crippen LogP contribution in [-0.2, 0) is 10.8 Å². The van der Waals surface area contributed by atoms with Crippen LogP contribution >= 0.6 is 0 Å². The third-order valence-electron chi connectivity index (χ3n) is 3.20. The van der Waals surface area contributed by atoms with Gasteiger partial charge in [-0.25, -0.2) is 0 Å². The monoisotopic (exact) mass is 276 g/mol. The molecule has 0 heterocycles. The van der Waals surface area contributed by atoms with E-state index in [1.54, 1.807) is 0 Å². The molecule has 0 unspecified atom stereocenters. The van der Waals surface area contributed by atoms with Gasteiger partial charge in [0.05, 0.1) is 5.75 Å². The van der Waals surface area contributed by atoms with Gasteiger partial charge in [0.25, 0.3) is 0 Å². The van der Waals surface area contributed by atoms with Crippen LogP contribution in [0.1, 0.15) is 58.2 Å². The highest BCUT2D eigenvalue weighted by molar-refractivity contribution is 6.49. The minimum atomic E-state index is -1.11. The van der Waals surface area contributed by atoms with E-state index in [1.165, 1.54) is 16.7 Å². The molecule has 1 rings (SSSR count). The standard InChI is InChI=1S/C15H24O.2CH3.Al/c1-10-8-11(14(2,3)4)13(16)12(9-10)15(5,6)7;;;/h8-9,16H,1-7H3;2*1H3;/q;;;+1/p-1. The molecule has 1 aromatic carbocycles. The van der Waals surface area contributed by atoms with Gasteiger partial charge < -0.3 is 3.79 Å². The van der Waals surface area contributed by atoms with Crippen LogP contribution in [-0.4, -0.2) is 14.5 Å². The summed E-state index contributed by atoms with van der Waals surface area (Å²) in [7, 11) is 0. The Hall–Kier alpha value is -0.448. The van der Waals surface area contributed by atoms with Crippen molar-refractivity contribution in [2.75, 3.05) is 0 Å². The van der Waals surface area contributed by atoms with Crippen molar-refractivity contribution in [3.8, 4) is 5.75 Å². The summed E-state index contributed by atoms with van der Waals surface area (Å²) >= 11 is -1.11. The van der Waals surface area contributed by atoms with Crippen molar-refractivity contribution in [2.24, 2.45) is 0 Å². The van der Waals surface area contributed by atoms with Gasteiger partial charge in [0.1, 0.15) is 0 Å². The molecule has 0 bridgehead atoms. The van der Waals surface area contributed by atoms with E-state index in [9.17, 15) is 0 Å². The zero-order valence-electron chi connectivity index (χ0n) is 14.1.